The standard InChI is InChI=1S/C56H73ClN8O6S/c1-33-29-64(31-46(67)61-48(54(5,6)7)51(70)65-30-42(66)25-45(65)50(69)60-35(3)38-18-20-39(21-19-38)47-36(4)59-32-72-47)34(2)28-63(33)24-12-13-37-14-16-40(17-15-37)49(68)62-52-55(8,9)53(56(52,10)11)71-43-23-22-41(27-58)44(57)26-43/h14-23,26,32-35,42,45,48,52-53,66H,12-13,24-25,28-31H2,1-11H3,(H,60,69)(H,61,67)(H,62,68)/t33-,34+,35+,42-,45?,48-,52?,53?/m1/s1. The summed E-state index contributed by atoms with van der Waals surface area (Å²) in [6.07, 6.45) is 0.833. The molecule has 386 valence electrons. The monoisotopic (exact) mass is 1020 g/mol. The number of nitrogens with one attached hydrogen (secondary N) is 3. The summed E-state index contributed by atoms with van der Waals surface area (Å²) in [6.45, 7) is 24.7. The van der Waals surface area contributed by atoms with E-state index in [1.807, 2.05) is 88.7 Å². The van der Waals surface area contributed by atoms with Gasteiger partial charge in [0.2, 0.25) is 17.7 Å². The Balaban J connectivity index is 0.864. The Morgan fingerprint density at radius 2 is 1.60 bits per heavy atom. The lowest BCUT2D eigenvalue weighted by molar-refractivity contribution is -0.164. The number of hydrogen-bond donors (Lipinski definition) is 4. The molecule has 4 amide bonds. The van der Waals surface area contributed by atoms with E-state index in [1.165, 1.54) is 4.90 Å². The molecule has 1 aliphatic carbocycles. The molecule has 0 bridgehead atoms. The second kappa shape index (κ2) is 22.0. The average Bonchev–Trinajstić information content (AvgIpc) is 3.95. The summed E-state index contributed by atoms with van der Waals surface area (Å²) in [6, 6.07) is 21.0. The number of β-amino-alcohol motifs (C(OH)–C–C–N with tert-alkyl or cyclic N) is 1. The molecule has 16 heteroatoms. The van der Waals surface area contributed by atoms with Crippen molar-refractivity contribution in [2.24, 2.45) is 16.2 Å². The molecule has 6 atom stereocenters. The third kappa shape index (κ3) is 12.0. The number of aromatic nitrogens is 1. The Morgan fingerprint density at radius 3 is 2.21 bits per heavy atom. The maximum absolute atomic E-state index is 14.4. The normalized spacial score (nSPS) is 23.8. The Bertz CT molecular complexity index is 2630. The van der Waals surface area contributed by atoms with Crippen molar-refractivity contribution in [1.82, 2.24) is 35.6 Å². The van der Waals surface area contributed by atoms with Crippen LogP contribution in [0.2, 0.25) is 5.02 Å². The van der Waals surface area contributed by atoms with Crippen LogP contribution < -0.4 is 20.7 Å². The number of carbonyl (C=O) groups excluding carboxylic acids is 4. The van der Waals surface area contributed by atoms with Gasteiger partial charge in [-0.2, -0.15) is 5.26 Å². The largest absolute Gasteiger partial charge is 0.489 e. The number of benzene rings is 3. The van der Waals surface area contributed by atoms with E-state index >= 15 is 0 Å². The fourth-order valence-corrected chi connectivity index (χ4v) is 12.4. The summed E-state index contributed by atoms with van der Waals surface area (Å²) in [4.78, 5) is 67.1. The number of nitriles is 1. The van der Waals surface area contributed by atoms with Crippen molar-refractivity contribution >= 4 is 46.6 Å². The molecule has 72 heavy (non-hydrogen) atoms. The van der Waals surface area contributed by atoms with Crippen LogP contribution in [0, 0.1) is 34.5 Å². The Kier molecular flexibility index (Phi) is 16.6. The van der Waals surface area contributed by atoms with Gasteiger partial charge in [0, 0.05) is 66.6 Å². The molecule has 4 N–H and O–H groups in total. The molecule has 3 fully saturated rings. The topological polar surface area (TPSA) is 180 Å². The van der Waals surface area contributed by atoms with Gasteiger partial charge in [0.15, 0.2) is 0 Å². The van der Waals surface area contributed by atoms with Gasteiger partial charge in [-0.3, -0.25) is 29.0 Å². The number of likely N-dealkylation sites (tertiary alicyclic amines) is 1. The minimum Gasteiger partial charge on any atom is -0.489 e. The van der Waals surface area contributed by atoms with Gasteiger partial charge in [0.25, 0.3) is 5.91 Å². The number of ether oxygens (including phenoxy) is 1. The maximum atomic E-state index is 14.4. The molecule has 7 rings (SSSR count). The molecule has 3 aliphatic rings. The molecule has 1 aromatic heterocycles. The lowest BCUT2D eigenvalue weighted by atomic mass is 9.49. The lowest BCUT2D eigenvalue weighted by Gasteiger charge is -2.63. The first kappa shape index (κ1) is 54.4. The molecule has 2 aliphatic heterocycles. The Labute approximate surface area is 434 Å². The molecular formula is C56H73ClN8O6S. The first-order valence-electron chi connectivity index (χ1n) is 25.2. The van der Waals surface area contributed by atoms with Crippen LogP contribution in [-0.2, 0) is 20.8 Å². The Morgan fingerprint density at radius 1 is 0.944 bits per heavy atom. The third-order valence-corrected chi connectivity index (χ3v) is 16.5. The van der Waals surface area contributed by atoms with Crippen LogP contribution in [0.25, 0.3) is 10.4 Å². The Hall–Kier alpha value is -5.37. The molecule has 3 heterocycles. The van der Waals surface area contributed by atoms with Gasteiger partial charge >= 0.3 is 0 Å². The van der Waals surface area contributed by atoms with E-state index < -0.39 is 23.6 Å². The van der Waals surface area contributed by atoms with Crippen molar-refractivity contribution < 1.29 is 29.0 Å². The van der Waals surface area contributed by atoms with Crippen LogP contribution in [0.15, 0.2) is 72.2 Å². The van der Waals surface area contributed by atoms with Gasteiger partial charge < -0.3 is 30.7 Å². The molecule has 3 aromatic carbocycles. The van der Waals surface area contributed by atoms with Crippen LogP contribution in [0.5, 0.6) is 5.75 Å². The second-order valence-electron chi connectivity index (χ2n) is 22.6. The number of piperazine rings is 1. The van der Waals surface area contributed by atoms with E-state index in [0.717, 1.165) is 53.2 Å². The fraction of sp³-hybridized carbons (Fsp3) is 0.536. The highest BCUT2D eigenvalue weighted by Crippen LogP contribution is 2.55. The molecular weight excluding hydrogens is 948 g/mol. The maximum Gasteiger partial charge on any atom is 0.251 e. The highest BCUT2D eigenvalue weighted by Gasteiger charge is 2.64. The highest BCUT2D eigenvalue weighted by molar-refractivity contribution is 7.13. The van der Waals surface area contributed by atoms with E-state index in [0.29, 0.717) is 28.4 Å². The van der Waals surface area contributed by atoms with E-state index in [9.17, 15) is 29.5 Å². The first-order chi connectivity index (χ1) is 33.9. The van der Waals surface area contributed by atoms with Crippen molar-refractivity contribution in [1.29, 1.82) is 5.26 Å². The van der Waals surface area contributed by atoms with Gasteiger partial charge in [-0.1, -0.05) is 96.5 Å². The predicted molar refractivity (Wildman–Crippen MR) is 283 cm³/mol. The number of aliphatic hydroxyl groups excluding tert-OH is 1. The lowest BCUT2D eigenvalue weighted by Crippen LogP contribution is -2.74. The number of rotatable bonds is 16. The summed E-state index contributed by atoms with van der Waals surface area (Å²) in [7, 11) is 0. The molecule has 1 saturated carbocycles. The molecule has 0 spiro atoms. The van der Waals surface area contributed by atoms with Crippen LogP contribution in [-0.4, -0.2) is 124 Å². The van der Waals surface area contributed by atoms with Crippen molar-refractivity contribution in [3.8, 4) is 22.3 Å². The summed E-state index contributed by atoms with van der Waals surface area (Å²) in [5.74, 6) is -0.535. The van der Waals surface area contributed by atoms with E-state index in [1.54, 1.807) is 29.5 Å². The van der Waals surface area contributed by atoms with Crippen LogP contribution in [0.4, 0.5) is 0 Å². The number of nitrogens with zero attached hydrogens (tertiary/aromatic N) is 5. The SMILES string of the molecule is Cc1ncsc1-c1ccc([C@H](C)NC(=O)C2C[C@@H](O)CN2C(=O)[C@@H](NC(=O)CN2C[C@@H](C)N(CCCc3ccc(C(=O)NC4C(C)(C)C(Oc5ccc(C#N)c(Cl)c5)C4(C)C)cc3)C[C@@H]2C)C(C)(C)C)cc1. The minimum absolute atomic E-state index is 0.00551. The predicted octanol–water partition coefficient (Wildman–Crippen LogP) is 7.95. The quantitative estimate of drug-likeness (QED) is 0.0861. The van der Waals surface area contributed by atoms with Gasteiger partial charge in [-0.05, 0) is 93.5 Å². The van der Waals surface area contributed by atoms with E-state index in [2.05, 4.69) is 78.3 Å². The van der Waals surface area contributed by atoms with Gasteiger partial charge in [-0.25, -0.2) is 4.98 Å². The summed E-state index contributed by atoms with van der Waals surface area (Å²) in [5.41, 5.74) is 5.49. The van der Waals surface area contributed by atoms with Crippen LogP contribution in [0.1, 0.15) is 121 Å². The number of aliphatic hydroxyl groups is 1. The van der Waals surface area contributed by atoms with Crippen LogP contribution >= 0.6 is 22.9 Å². The fourth-order valence-electron chi connectivity index (χ4n) is 11.3. The van der Waals surface area contributed by atoms with E-state index in [-0.39, 0.29) is 84.2 Å². The van der Waals surface area contributed by atoms with E-state index in [4.69, 9.17) is 16.3 Å². The number of carbonyl (C=O) groups is 4. The second-order valence-corrected chi connectivity index (χ2v) is 23.9. The number of aryl methyl sites for hydroxylation is 2. The highest BCUT2D eigenvalue weighted by atomic mass is 35.5. The van der Waals surface area contributed by atoms with Crippen molar-refractivity contribution in [2.75, 3.05) is 32.7 Å². The molecule has 4 aromatic rings. The van der Waals surface area contributed by atoms with Gasteiger partial charge in [0.05, 0.1) is 45.4 Å². The molecule has 0 radical (unpaired) electrons. The van der Waals surface area contributed by atoms with Crippen molar-refractivity contribution in [3.05, 3.63) is 105 Å². The van der Waals surface area contributed by atoms with Crippen molar-refractivity contribution in [3.63, 3.8) is 0 Å². The molecule has 1 unspecified atom stereocenters. The number of hydrogen-bond acceptors (Lipinski definition) is 11. The summed E-state index contributed by atoms with van der Waals surface area (Å²) in [5, 5.41) is 29.8. The van der Waals surface area contributed by atoms with Crippen molar-refractivity contribution in [2.45, 2.75) is 144 Å². The zero-order valence-electron chi connectivity index (χ0n) is 43.7. The number of halogens is 1. The smallest absolute Gasteiger partial charge is 0.251 e. The third-order valence-electron chi connectivity index (χ3n) is 15.2. The minimum atomic E-state index is -0.916. The number of thiazole rings is 1. The zero-order chi connectivity index (χ0) is 52.4. The molecule has 14 nitrogen and oxygen atoms in total. The summed E-state index contributed by atoms with van der Waals surface area (Å²) < 4.78 is 6.39. The van der Waals surface area contributed by atoms with Gasteiger partial charge in [-0.15, -0.1) is 11.3 Å². The van der Waals surface area contributed by atoms with Gasteiger partial charge in [0.1, 0.15) is 30.0 Å². The number of amides is 4. The zero-order valence-corrected chi connectivity index (χ0v) is 45.3. The molecule has 2 saturated heterocycles. The average molecular weight is 1020 g/mol. The van der Waals surface area contributed by atoms with Crippen LogP contribution in [0.3, 0.4) is 0 Å². The first-order valence-corrected chi connectivity index (χ1v) is 26.5. The summed E-state index contributed by atoms with van der Waals surface area (Å²) >= 11 is 7.85.